The zero-order chi connectivity index (χ0) is 16.8. The Hall–Kier alpha value is -1.51. The average Bonchev–Trinajstić information content (AvgIpc) is 3.08. The topological polar surface area (TPSA) is 80.9 Å². The summed E-state index contributed by atoms with van der Waals surface area (Å²) in [7, 11) is 1.65. The first-order valence-electron chi connectivity index (χ1n) is 8.69. The number of hydrogen-bond donors (Lipinski definition) is 0. The Morgan fingerprint density at radius 1 is 1.29 bits per heavy atom. The van der Waals surface area contributed by atoms with Crippen molar-refractivity contribution in [2.24, 2.45) is 0 Å². The van der Waals surface area contributed by atoms with Crippen molar-refractivity contribution >= 4 is 5.91 Å². The largest absolute Gasteiger partial charge is 0.384 e. The van der Waals surface area contributed by atoms with Gasteiger partial charge in [-0.3, -0.25) is 9.69 Å². The highest BCUT2D eigenvalue weighted by Crippen LogP contribution is 2.21. The van der Waals surface area contributed by atoms with Gasteiger partial charge in [-0.25, -0.2) is 0 Å². The van der Waals surface area contributed by atoms with Crippen molar-refractivity contribution in [1.29, 1.82) is 0 Å². The van der Waals surface area contributed by atoms with E-state index in [1.165, 1.54) is 0 Å². The molecular weight excluding hydrogens is 312 g/mol. The Bertz CT molecular complexity index is 530. The number of methoxy groups -OCH3 is 1. The molecule has 8 heteroatoms. The minimum Gasteiger partial charge on any atom is -0.384 e. The fourth-order valence-electron chi connectivity index (χ4n) is 3.28. The maximum absolute atomic E-state index is 12.8. The highest BCUT2D eigenvalue weighted by molar-refractivity contribution is 5.82. The zero-order valence-corrected chi connectivity index (χ0v) is 14.3. The second-order valence-electron chi connectivity index (χ2n) is 6.27. The maximum Gasteiger partial charge on any atom is 0.240 e. The number of piperidine rings is 1. The van der Waals surface area contributed by atoms with Gasteiger partial charge in [-0.15, -0.1) is 0 Å². The summed E-state index contributed by atoms with van der Waals surface area (Å²) in [6, 6.07) is -0.0854. The van der Waals surface area contributed by atoms with Gasteiger partial charge in [-0.2, -0.15) is 4.98 Å². The number of rotatable bonds is 6. The fourth-order valence-corrected chi connectivity index (χ4v) is 3.28. The Morgan fingerprint density at radius 2 is 2.12 bits per heavy atom. The molecule has 2 fully saturated rings. The fraction of sp³-hybridized carbons (Fsp3) is 0.812. The molecule has 3 rings (SSSR count). The molecule has 1 unspecified atom stereocenters. The predicted octanol–water partition coefficient (Wildman–Crippen LogP) is 0.472. The van der Waals surface area contributed by atoms with Crippen LogP contribution in [-0.4, -0.2) is 78.5 Å². The van der Waals surface area contributed by atoms with Crippen LogP contribution in [0.5, 0.6) is 0 Å². The first-order valence-corrected chi connectivity index (χ1v) is 8.69. The molecule has 3 heterocycles. The van der Waals surface area contributed by atoms with Crippen LogP contribution >= 0.6 is 0 Å². The van der Waals surface area contributed by atoms with Gasteiger partial charge in [0.25, 0.3) is 0 Å². The van der Waals surface area contributed by atoms with Crippen LogP contribution in [0.15, 0.2) is 4.52 Å². The monoisotopic (exact) mass is 338 g/mol. The van der Waals surface area contributed by atoms with Gasteiger partial charge in [-0.1, -0.05) is 11.6 Å². The highest BCUT2D eigenvalue weighted by atomic mass is 16.5. The number of nitrogens with zero attached hydrogens (tertiary/aromatic N) is 4. The second-order valence-corrected chi connectivity index (χ2v) is 6.27. The van der Waals surface area contributed by atoms with E-state index in [0.29, 0.717) is 57.6 Å². The van der Waals surface area contributed by atoms with Gasteiger partial charge in [0.2, 0.25) is 11.8 Å². The first-order chi connectivity index (χ1) is 11.8. The molecule has 1 aromatic heterocycles. The highest BCUT2D eigenvalue weighted by Gasteiger charge is 2.33. The molecular formula is C16H26N4O4. The molecule has 0 spiro atoms. The van der Waals surface area contributed by atoms with Crippen LogP contribution in [-0.2, 0) is 27.2 Å². The number of carbonyl (C=O) groups is 1. The van der Waals surface area contributed by atoms with Crippen LogP contribution in [0.2, 0.25) is 0 Å². The molecule has 0 radical (unpaired) electrons. The lowest BCUT2D eigenvalue weighted by atomic mass is 10.0. The van der Waals surface area contributed by atoms with Crippen molar-refractivity contribution in [2.45, 2.75) is 38.3 Å². The molecule has 2 aliphatic rings. The summed E-state index contributed by atoms with van der Waals surface area (Å²) in [4.78, 5) is 21.4. The van der Waals surface area contributed by atoms with E-state index >= 15 is 0 Å². The average molecular weight is 338 g/mol. The maximum atomic E-state index is 12.8. The van der Waals surface area contributed by atoms with Gasteiger partial charge in [0.05, 0.1) is 38.8 Å². The van der Waals surface area contributed by atoms with Gasteiger partial charge in [-0.05, 0) is 19.4 Å². The van der Waals surface area contributed by atoms with E-state index in [2.05, 4.69) is 15.0 Å². The van der Waals surface area contributed by atoms with E-state index in [-0.39, 0.29) is 11.9 Å². The summed E-state index contributed by atoms with van der Waals surface area (Å²) >= 11 is 0. The third-order valence-electron chi connectivity index (χ3n) is 4.60. The third-order valence-corrected chi connectivity index (χ3v) is 4.60. The van der Waals surface area contributed by atoms with E-state index in [4.69, 9.17) is 14.0 Å². The molecule has 1 amide bonds. The standard InChI is InChI=1S/C16H26N4O4/c1-22-9-5-15-17-14(18-24-15)12-20-6-3-2-4-13(20)16(21)19-7-10-23-11-8-19/h13H,2-12H2,1H3. The summed E-state index contributed by atoms with van der Waals surface area (Å²) in [5, 5.41) is 4.04. The summed E-state index contributed by atoms with van der Waals surface area (Å²) in [5.74, 6) is 1.43. The number of carbonyl (C=O) groups excluding carboxylic acids is 1. The predicted molar refractivity (Wildman–Crippen MR) is 85.3 cm³/mol. The molecule has 24 heavy (non-hydrogen) atoms. The van der Waals surface area contributed by atoms with Crippen molar-refractivity contribution in [3.8, 4) is 0 Å². The normalized spacial score (nSPS) is 22.7. The van der Waals surface area contributed by atoms with Crippen LogP contribution in [0.25, 0.3) is 0 Å². The quantitative estimate of drug-likeness (QED) is 0.746. The van der Waals surface area contributed by atoms with E-state index in [1.807, 2.05) is 4.90 Å². The van der Waals surface area contributed by atoms with E-state index < -0.39 is 0 Å². The van der Waals surface area contributed by atoms with E-state index in [0.717, 1.165) is 25.8 Å². The van der Waals surface area contributed by atoms with Crippen LogP contribution in [0.4, 0.5) is 0 Å². The molecule has 2 aliphatic heterocycles. The van der Waals surface area contributed by atoms with Gasteiger partial charge < -0.3 is 18.9 Å². The molecule has 0 aliphatic carbocycles. The molecule has 0 N–H and O–H groups in total. The number of likely N-dealkylation sites (tertiary alicyclic amines) is 1. The summed E-state index contributed by atoms with van der Waals surface area (Å²) in [5.41, 5.74) is 0. The molecule has 2 saturated heterocycles. The third kappa shape index (κ3) is 4.31. The molecule has 0 saturated carbocycles. The van der Waals surface area contributed by atoms with Crippen LogP contribution in [0.3, 0.4) is 0 Å². The summed E-state index contributed by atoms with van der Waals surface area (Å²) in [6.45, 7) is 4.64. The second kappa shape index (κ2) is 8.55. The summed E-state index contributed by atoms with van der Waals surface area (Å²) < 4.78 is 15.6. The van der Waals surface area contributed by atoms with Gasteiger partial charge in [0, 0.05) is 20.2 Å². The number of amides is 1. The van der Waals surface area contributed by atoms with E-state index in [9.17, 15) is 4.79 Å². The Balaban J connectivity index is 1.61. The lowest BCUT2D eigenvalue weighted by molar-refractivity contribution is -0.142. The minimum atomic E-state index is -0.0854. The Morgan fingerprint density at radius 3 is 2.92 bits per heavy atom. The van der Waals surface area contributed by atoms with Crippen LogP contribution in [0.1, 0.15) is 31.0 Å². The van der Waals surface area contributed by atoms with Gasteiger partial charge >= 0.3 is 0 Å². The molecule has 0 aromatic carbocycles. The minimum absolute atomic E-state index is 0.0854. The number of aromatic nitrogens is 2. The smallest absolute Gasteiger partial charge is 0.240 e. The molecule has 1 atom stereocenters. The van der Waals surface area contributed by atoms with Crippen molar-refractivity contribution in [3.05, 3.63) is 11.7 Å². The zero-order valence-electron chi connectivity index (χ0n) is 14.3. The lowest BCUT2D eigenvalue weighted by Gasteiger charge is -2.38. The molecule has 8 nitrogen and oxygen atoms in total. The van der Waals surface area contributed by atoms with Gasteiger partial charge in [0.15, 0.2) is 5.82 Å². The number of ether oxygens (including phenoxy) is 2. The van der Waals surface area contributed by atoms with Crippen LogP contribution < -0.4 is 0 Å². The lowest BCUT2D eigenvalue weighted by Crippen LogP contribution is -2.53. The molecule has 0 bridgehead atoms. The number of hydrogen-bond acceptors (Lipinski definition) is 7. The molecule has 1 aromatic rings. The number of morpholine rings is 1. The van der Waals surface area contributed by atoms with Crippen LogP contribution in [0, 0.1) is 0 Å². The Labute approximate surface area is 142 Å². The van der Waals surface area contributed by atoms with E-state index in [1.54, 1.807) is 7.11 Å². The SMILES string of the molecule is COCCc1nc(CN2CCCCC2C(=O)N2CCOCC2)no1. The van der Waals surface area contributed by atoms with Crippen molar-refractivity contribution in [1.82, 2.24) is 19.9 Å². The first kappa shape index (κ1) is 17.3. The van der Waals surface area contributed by atoms with Gasteiger partial charge in [0.1, 0.15) is 0 Å². The van der Waals surface area contributed by atoms with Crippen molar-refractivity contribution in [3.63, 3.8) is 0 Å². The molecule has 134 valence electrons. The van der Waals surface area contributed by atoms with Crippen molar-refractivity contribution < 1.29 is 18.8 Å². The van der Waals surface area contributed by atoms with Crippen molar-refractivity contribution in [2.75, 3.05) is 46.6 Å². The summed E-state index contributed by atoms with van der Waals surface area (Å²) in [6.07, 6.45) is 3.69. The Kier molecular flexibility index (Phi) is 6.17.